The van der Waals surface area contributed by atoms with Gasteiger partial charge in [-0.25, -0.2) is 0 Å². The van der Waals surface area contributed by atoms with Crippen LogP contribution in [0.5, 0.6) is 5.75 Å². The highest BCUT2D eigenvalue weighted by Gasteiger charge is 2.32. The number of nitrogens with one attached hydrogen (secondary N) is 1. The van der Waals surface area contributed by atoms with Gasteiger partial charge in [0.1, 0.15) is 11.4 Å². The molecule has 0 atom stereocenters. The first-order chi connectivity index (χ1) is 10.4. The predicted octanol–water partition coefficient (Wildman–Crippen LogP) is 3.04. The van der Waals surface area contributed by atoms with Gasteiger partial charge in [0.05, 0.1) is 12.7 Å². The van der Waals surface area contributed by atoms with Gasteiger partial charge in [0.25, 0.3) is 5.91 Å². The van der Waals surface area contributed by atoms with Gasteiger partial charge >= 0.3 is 6.18 Å². The number of nitrogens with zero attached hydrogens (tertiary/aromatic N) is 1. The molecule has 2 aromatic rings. The summed E-state index contributed by atoms with van der Waals surface area (Å²) in [7, 11) is 1.55. The fourth-order valence-electron chi connectivity index (χ4n) is 1.72. The van der Waals surface area contributed by atoms with Crippen molar-refractivity contribution in [2.75, 3.05) is 7.11 Å². The Hall–Kier alpha value is -2.57. The maximum atomic E-state index is 12.4. The van der Waals surface area contributed by atoms with Gasteiger partial charge in [-0.05, 0) is 29.8 Å². The highest BCUT2D eigenvalue weighted by Crippen LogP contribution is 2.27. The summed E-state index contributed by atoms with van der Waals surface area (Å²) in [5, 5.41) is 2.61. The molecule has 0 bridgehead atoms. The average molecular weight is 310 g/mol. The number of carbonyl (C=O) groups excluding carboxylic acids is 1. The third kappa shape index (κ3) is 3.97. The minimum atomic E-state index is -4.52. The van der Waals surface area contributed by atoms with Crippen LogP contribution in [0.2, 0.25) is 0 Å². The average Bonchev–Trinajstić information content (AvgIpc) is 2.52. The van der Waals surface area contributed by atoms with Gasteiger partial charge in [0.15, 0.2) is 0 Å². The smallest absolute Gasteiger partial charge is 0.433 e. The molecule has 4 nitrogen and oxygen atoms in total. The van der Waals surface area contributed by atoms with Crippen LogP contribution in [-0.2, 0) is 12.7 Å². The number of hydrogen-bond donors (Lipinski definition) is 1. The van der Waals surface area contributed by atoms with E-state index in [9.17, 15) is 18.0 Å². The van der Waals surface area contributed by atoms with Crippen molar-refractivity contribution in [1.82, 2.24) is 10.3 Å². The molecule has 0 spiro atoms. The second-order valence-electron chi connectivity index (χ2n) is 4.46. The molecule has 0 radical (unpaired) electrons. The number of rotatable bonds is 4. The van der Waals surface area contributed by atoms with E-state index in [-0.39, 0.29) is 12.1 Å². The van der Waals surface area contributed by atoms with E-state index in [2.05, 4.69) is 10.3 Å². The van der Waals surface area contributed by atoms with Gasteiger partial charge in [-0.1, -0.05) is 12.1 Å². The molecule has 7 heteroatoms. The van der Waals surface area contributed by atoms with Crippen molar-refractivity contribution < 1.29 is 22.7 Å². The number of aromatic nitrogens is 1. The van der Waals surface area contributed by atoms with E-state index in [1.54, 1.807) is 31.4 Å². The topological polar surface area (TPSA) is 51.2 Å². The molecule has 2 rings (SSSR count). The first kappa shape index (κ1) is 15.8. The molecule has 0 saturated heterocycles. The van der Waals surface area contributed by atoms with Gasteiger partial charge in [-0.2, -0.15) is 13.2 Å². The highest BCUT2D eigenvalue weighted by molar-refractivity contribution is 5.93. The molecule has 1 heterocycles. The van der Waals surface area contributed by atoms with Gasteiger partial charge < -0.3 is 10.1 Å². The summed E-state index contributed by atoms with van der Waals surface area (Å²) in [4.78, 5) is 15.1. The van der Waals surface area contributed by atoms with Crippen LogP contribution < -0.4 is 10.1 Å². The number of pyridine rings is 1. The first-order valence-corrected chi connectivity index (χ1v) is 6.34. The van der Waals surface area contributed by atoms with E-state index < -0.39 is 17.8 Å². The molecule has 1 amide bonds. The zero-order valence-electron chi connectivity index (χ0n) is 11.6. The quantitative estimate of drug-likeness (QED) is 0.944. The Balaban J connectivity index is 1.97. The standard InChI is InChI=1S/C15H13F3N2O2/c1-22-12-5-2-10(3-6-12)8-20-14(21)11-4-7-13(19-9-11)15(16,17)18/h2-7,9H,8H2,1H3,(H,20,21). The van der Waals surface area contributed by atoms with Crippen molar-refractivity contribution in [3.63, 3.8) is 0 Å². The minimum Gasteiger partial charge on any atom is -0.497 e. The molecular weight excluding hydrogens is 297 g/mol. The summed E-state index contributed by atoms with van der Waals surface area (Å²) in [6.45, 7) is 0.254. The molecular formula is C15H13F3N2O2. The minimum absolute atomic E-state index is 0.0708. The Bertz CT molecular complexity index is 637. The molecule has 1 N–H and O–H groups in total. The van der Waals surface area contributed by atoms with E-state index in [1.165, 1.54) is 0 Å². The molecule has 0 saturated carbocycles. The summed E-state index contributed by atoms with van der Waals surface area (Å²) in [5.74, 6) is 0.207. The van der Waals surface area contributed by atoms with Crippen molar-refractivity contribution in [1.29, 1.82) is 0 Å². The van der Waals surface area contributed by atoms with E-state index in [4.69, 9.17) is 4.74 Å². The van der Waals surface area contributed by atoms with Crippen molar-refractivity contribution >= 4 is 5.91 Å². The molecule has 1 aromatic heterocycles. The SMILES string of the molecule is COc1ccc(CNC(=O)c2ccc(C(F)(F)F)nc2)cc1. The number of alkyl halides is 3. The summed E-state index contributed by atoms with van der Waals surface area (Å²) in [6, 6.07) is 8.94. The molecule has 22 heavy (non-hydrogen) atoms. The van der Waals surface area contributed by atoms with Crippen LogP contribution in [0.1, 0.15) is 21.6 Å². The van der Waals surface area contributed by atoms with E-state index in [0.29, 0.717) is 5.75 Å². The zero-order chi connectivity index (χ0) is 16.2. The number of benzene rings is 1. The van der Waals surface area contributed by atoms with Crippen molar-refractivity contribution in [3.05, 3.63) is 59.4 Å². The van der Waals surface area contributed by atoms with Gasteiger partial charge in [0, 0.05) is 12.7 Å². The van der Waals surface area contributed by atoms with Gasteiger partial charge in [-0.15, -0.1) is 0 Å². The molecule has 116 valence electrons. The normalized spacial score (nSPS) is 11.1. The predicted molar refractivity (Wildman–Crippen MR) is 73.4 cm³/mol. The Morgan fingerprint density at radius 2 is 1.86 bits per heavy atom. The summed E-state index contributed by atoms with van der Waals surface area (Å²) in [5.41, 5.74) is -0.116. The third-order valence-corrected chi connectivity index (χ3v) is 2.93. The second-order valence-corrected chi connectivity index (χ2v) is 4.46. The molecule has 0 aliphatic rings. The van der Waals surface area contributed by atoms with Crippen LogP contribution in [0, 0.1) is 0 Å². The number of methoxy groups -OCH3 is 1. The Labute approximate surface area is 124 Å². The van der Waals surface area contributed by atoms with Gasteiger partial charge in [-0.3, -0.25) is 9.78 Å². The lowest BCUT2D eigenvalue weighted by atomic mass is 10.2. The maximum absolute atomic E-state index is 12.4. The fraction of sp³-hybridized carbons (Fsp3) is 0.200. The molecule has 0 fully saturated rings. The van der Waals surface area contributed by atoms with E-state index >= 15 is 0 Å². The van der Waals surface area contributed by atoms with Crippen molar-refractivity contribution in [2.24, 2.45) is 0 Å². The van der Waals surface area contributed by atoms with Crippen LogP contribution >= 0.6 is 0 Å². The molecule has 0 aliphatic heterocycles. The van der Waals surface area contributed by atoms with Crippen LogP contribution in [0.3, 0.4) is 0 Å². The molecule has 0 unspecified atom stereocenters. The van der Waals surface area contributed by atoms with Crippen LogP contribution in [-0.4, -0.2) is 18.0 Å². The third-order valence-electron chi connectivity index (χ3n) is 2.93. The Morgan fingerprint density at radius 3 is 2.36 bits per heavy atom. The van der Waals surface area contributed by atoms with Crippen molar-refractivity contribution in [2.45, 2.75) is 12.7 Å². The summed E-state index contributed by atoms with van der Waals surface area (Å²) >= 11 is 0. The summed E-state index contributed by atoms with van der Waals surface area (Å²) < 4.78 is 42.2. The maximum Gasteiger partial charge on any atom is 0.433 e. The Kier molecular flexibility index (Phi) is 4.65. The lowest BCUT2D eigenvalue weighted by Gasteiger charge is -2.08. The molecule has 0 aliphatic carbocycles. The number of ether oxygens (including phenoxy) is 1. The van der Waals surface area contributed by atoms with Crippen LogP contribution in [0.15, 0.2) is 42.6 Å². The monoisotopic (exact) mass is 310 g/mol. The van der Waals surface area contributed by atoms with Crippen molar-refractivity contribution in [3.8, 4) is 5.75 Å². The fourth-order valence-corrected chi connectivity index (χ4v) is 1.72. The number of amides is 1. The summed E-state index contributed by atoms with van der Waals surface area (Å²) in [6.07, 6.45) is -3.61. The largest absolute Gasteiger partial charge is 0.497 e. The van der Waals surface area contributed by atoms with Crippen LogP contribution in [0.4, 0.5) is 13.2 Å². The number of hydrogen-bond acceptors (Lipinski definition) is 3. The Morgan fingerprint density at radius 1 is 1.18 bits per heavy atom. The van der Waals surface area contributed by atoms with E-state index in [1.807, 2.05) is 0 Å². The zero-order valence-corrected chi connectivity index (χ0v) is 11.6. The lowest BCUT2D eigenvalue weighted by Crippen LogP contribution is -2.23. The van der Waals surface area contributed by atoms with Gasteiger partial charge in [0.2, 0.25) is 0 Å². The van der Waals surface area contributed by atoms with E-state index in [0.717, 1.165) is 23.9 Å². The number of halogens is 3. The number of carbonyl (C=O) groups is 1. The second kappa shape index (κ2) is 6.46. The molecule has 1 aromatic carbocycles. The van der Waals surface area contributed by atoms with Crippen LogP contribution in [0.25, 0.3) is 0 Å². The highest BCUT2D eigenvalue weighted by atomic mass is 19.4. The first-order valence-electron chi connectivity index (χ1n) is 6.34. The lowest BCUT2D eigenvalue weighted by molar-refractivity contribution is -0.141.